The van der Waals surface area contributed by atoms with Gasteiger partial charge >= 0.3 is 0 Å². The highest BCUT2D eigenvalue weighted by atomic mass is 16.5. The number of hydrogen-bond acceptors (Lipinski definition) is 5. The maximum absolute atomic E-state index is 12.8. The zero-order valence-electron chi connectivity index (χ0n) is 17.6. The van der Waals surface area contributed by atoms with Gasteiger partial charge in [0.2, 0.25) is 0 Å². The molecular formula is C22H26N4O3. The normalized spacial score (nSPS) is 11.8. The molecule has 0 radical (unpaired) electrons. The summed E-state index contributed by atoms with van der Waals surface area (Å²) in [6.45, 7) is 7.85. The summed E-state index contributed by atoms with van der Waals surface area (Å²) in [5, 5.41) is 11.3. The van der Waals surface area contributed by atoms with Crippen LogP contribution in [0, 0.1) is 20.8 Å². The highest BCUT2D eigenvalue weighted by Gasteiger charge is 2.20. The topological polar surface area (TPSA) is 78.3 Å². The molecule has 1 heterocycles. The Morgan fingerprint density at radius 2 is 1.72 bits per heavy atom. The van der Waals surface area contributed by atoms with E-state index < -0.39 is 0 Å². The van der Waals surface area contributed by atoms with Crippen LogP contribution in [0.2, 0.25) is 0 Å². The third kappa shape index (κ3) is 4.08. The minimum absolute atomic E-state index is 0.242. The van der Waals surface area contributed by atoms with Gasteiger partial charge in [-0.25, -0.2) is 4.68 Å². The fourth-order valence-electron chi connectivity index (χ4n) is 3.11. The maximum atomic E-state index is 12.8. The van der Waals surface area contributed by atoms with Gasteiger partial charge in [-0.3, -0.25) is 4.79 Å². The standard InChI is InChI=1S/C22H26N4O3/c1-13-7-9-18(11-14(13)2)26-16(4)21(24-25-26)22(27)23-15(3)17-8-10-19(28-5)20(12-17)29-6/h7-12,15H,1-6H3,(H,23,27)/t15-/m1/s1. The Morgan fingerprint density at radius 3 is 2.38 bits per heavy atom. The van der Waals surface area contributed by atoms with Crippen LogP contribution in [0.3, 0.4) is 0 Å². The van der Waals surface area contributed by atoms with Crippen LogP contribution in [0.25, 0.3) is 5.69 Å². The summed E-state index contributed by atoms with van der Waals surface area (Å²) in [4.78, 5) is 12.8. The quantitative estimate of drug-likeness (QED) is 0.690. The van der Waals surface area contributed by atoms with Crippen LogP contribution < -0.4 is 14.8 Å². The molecule has 0 aliphatic heterocycles. The zero-order valence-corrected chi connectivity index (χ0v) is 17.6. The SMILES string of the molecule is COc1ccc([C@@H](C)NC(=O)c2nnn(-c3ccc(C)c(C)c3)c2C)cc1OC. The summed E-state index contributed by atoms with van der Waals surface area (Å²) in [5.41, 5.74) is 5.12. The number of methoxy groups -OCH3 is 2. The molecule has 2 aromatic carbocycles. The Morgan fingerprint density at radius 1 is 1.00 bits per heavy atom. The first-order valence-electron chi connectivity index (χ1n) is 9.38. The summed E-state index contributed by atoms with van der Waals surface area (Å²) in [6, 6.07) is 11.4. The van der Waals surface area contributed by atoms with Crippen molar-refractivity contribution in [2.45, 2.75) is 33.7 Å². The van der Waals surface area contributed by atoms with E-state index in [4.69, 9.17) is 9.47 Å². The monoisotopic (exact) mass is 394 g/mol. The molecule has 0 fully saturated rings. The highest BCUT2D eigenvalue weighted by Crippen LogP contribution is 2.30. The smallest absolute Gasteiger partial charge is 0.274 e. The molecule has 3 aromatic rings. The lowest BCUT2D eigenvalue weighted by atomic mass is 10.1. The van der Waals surface area contributed by atoms with Gasteiger partial charge in [-0.1, -0.05) is 17.3 Å². The van der Waals surface area contributed by atoms with E-state index in [9.17, 15) is 4.79 Å². The van der Waals surface area contributed by atoms with Crippen molar-refractivity contribution >= 4 is 5.91 Å². The van der Waals surface area contributed by atoms with Gasteiger partial charge in [0.1, 0.15) is 0 Å². The molecule has 0 aliphatic carbocycles. The van der Waals surface area contributed by atoms with Gasteiger partial charge in [0.15, 0.2) is 17.2 Å². The van der Waals surface area contributed by atoms with E-state index in [1.807, 2.05) is 57.2 Å². The van der Waals surface area contributed by atoms with Crippen LogP contribution in [-0.4, -0.2) is 35.1 Å². The van der Waals surface area contributed by atoms with E-state index in [1.54, 1.807) is 18.9 Å². The van der Waals surface area contributed by atoms with Gasteiger partial charge in [0.25, 0.3) is 5.91 Å². The molecule has 1 N–H and O–H groups in total. The van der Waals surface area contributed by atoms with Crippen molar-refractivity contribution in [3.63, 3.8) is 0 Å². The van der Waals surface area contributed by atoms with E-state index in [0.717, 1.165) is 16.8 Å². The number of nitrogens with zero attached hydrogens (tertiary/aromatic N) is 3. The molecule has 1 amide bonds. The summed E-state index contributed by atoms with van der Waals surface area (Å²) < 4.78 is 12.3. The first kappa shape index (κ1) is 20.4. The van der Waals surface area contributed by atoms with E-state index in [2.05, 4.69) is 22.6 Å². The first-order chi connectivity index (χ1) is 13.8. The van der Waals surface area contributed by atoms with Crippen molar-refractivity contribution in [3.05, 3.63) is 64.5 Å². The van der Waals surface area contributed by atoms with Gasteiger partial charge in [-0.05, 0) is 68.7 Å². The molecule has 0 unspecified atom stereocenters. The molecule has 29 heavy (non-hydrogen) atoms. The molecule has 0 spiro atoms. The average Bonchev–Trinajstić information content (AvgIpc) is 3.10. The van der Waals surface area contributed by atoms with Crippen molar-refractivity contribution in [2.24, 2.45) is 0 Å². The fourth-order valence-corrected chi connectivity index (χ4v) is 3.11. The van der Waals surface area contributed by atoms with Gasteiger partial charge in [0, 0.05) is 0 Å². The Bertz CT molecular complexity index is 1040. The van der Waals surface area contributed by atoms with E-state index in [1.165, 1.54) is 5.56 Å². The first-order valence-corrected chi connectivity index (χ1v) is 9.38. The third-order valence-corrected chi connectivity index (χ3v) is 5.10. The Balaban J connectivity index is 1.81. The van der Waals surface area contributed by atoms with Gasteiger partial charge < -0.3 is 14.8 Å². The third-order valence-electron chi connectivity index (χ3n) is 5.10. The van der Waals surface area contributed by atoms with Crippen LogP contribution >= 0.6 is 0 Å². The fraction of sp³-hybridized carbons (Fsp3) is 0.318. The molecule has 0 aliphatic rings. The number of nitrogens with one attached hydrogen (secondary N) is 1. The minimum Gasteiger partial charge on any atom is -0.493 e. The number of carbonyl (C=O) groups is 1. The zero-order chi connectivity index (χ0) is 21.1. The Labute approximate surface area is 170 Å². The molecule has 152 valence electrons. The van der Waals surface area contributed by atoms with Gasteiger partial charge in [-0.2, -0.15) is 0 Å². The number of ether oxygens (including phenoxy) is 2. The average molecular weight is 394 g/mol. The van der Waals surface area contributed by atoms with E-state index >= 15 is 0 Å². The number of carbonyl (C=O) groups excluding carboxylic acids is 1. The van der Waals surface area contributed by atoms with Crippen LogP contribution in [0.1, 0.15) is 45.8 Å². The number of aromatic nitrogens is 3. The molecule has 3 rings (SSSR count). The second-order valence-corrected chi connectivity index (χ2v) is 7.01. The lowest BCUT2D eigenvalue weighted by molar-refractivity contribution is 0.0934. The Hall–Kier alpha value is -3.35. The second kappa shape index (κ2) is 8.34. The minimum atomic E-state index is -0.278. The van der Waals surface area contributed by atoms with Crippen LogP contribution in [-0.2, 0) is 0 Å². The van der Waals surface area contributed by atoms with Gasteiger partial charge in [0.05, 0.1) is 31.6 Å². The van der Waals surface area contributed by atoms with Crippen molar-refractivity contribution in [1.29, 1.82) is 0 Å². The van der Waals surface area contributed by atoms with Crippen LogP contribution in [0.4, 0.5) is 0 Å². The molecule has 7 heteroatoms. The molecule has 0 saturated heterocycles. The van der Waals surface area contributed by atoms with Crippen molar-refractivity contribution in [2.75, 3.05) is 14.2 Å². The Kier molecular flexibility index (Phi) is 5.87. The van der Waals surface area contributed by atoms with E-state index in [-0.39, 0.29) is 11.9 Å². The van der Waals surface area contributed by atoms with Crippen molar-refractivity contribution in [1.82, 2.24) is 20.3 Å². The number of aryl methyl sites for hydroxylation is 2. The highest BCUT2D eigenvalue weighted by molar-refractivity contribution is 5.93. The molecular weight excluding hydrogens is 368 g/mol. The molecule has 7 nitrogen and oxygen atoms in total. The molecule has 0 saturated carbocycles. The summed E-state index contributed by atoms with van der Waals surface area (Å²) in [7, 11) is 3.17. The van der Waals surface area contributed by atoms with Crippen LogP contribution in [0.15, 0.2) is 36.4 Å². The molecule has 1 aromatic heterocycles. The summed E-state index contributed by atoms with van der Waals surface area (Å²) in [5.74, 6) is 0.977. The lowest BCUT2D eigenvalue weighted by Crippen LogP contribution is -2.27. The maximum Gasteiger partial charge on any atom is 0.274 e. The summed E-state index contributed by atoms with van der Waals surface area (Å²) >= 11 is 0. The number of benzene rings is 2. The lowest BCUT2D eigenvalue weighted by Gasteiger charge is -2.16. The number of hydrogen-bond donors (Lipinski definition) is 1. The van der Waals surface area contributed by atoms with Crippen LogP contribution in [0.5, 0.6) is 11.5 Å². The second-order valence-electron chi connectivity index (χ2n) is 7.01. The predicted octanol–water partition coefficient (Wildman–Crippen LogP) is 3.70. The largest absolute Gasteiger partial charge is 0.493 e. The molecule has 0 bridgehead atoms. The predicted molar refractivity (Wildman–Crippen MR) is 111 cm³/mol. The summed E-state index contributed by atoms with van der Waals surface area (Å²) in [6.07, 6.45) is 0. The molecule has 1 atom stereocenters. The van der Waals surface area contributed by atoms with Crippen molar-refractivity contribution in [3.8, 4) is 17.2 Å². The van der Waals surface area contributed by atoms with Crippen molar-refractivity contribution < 1.29 is 14.3 Å². The number of amides is 1. The number of rotatable bonds is 6. The van der Waals surface area contributed by atoms with E-state index in [0.29, 0.717) is 22.9 Å². The van der Waals surface area contributed by atoms with Gasteiger partial charge in [-0.15, -0.1) is 5.10 Å².